The van der Waals surface area contributed by atoms with E-state index in [-0.39, 0.29) is 0 Å². The zero-order chi connectivity index (χ0) is 14.1. The van der Waals surface area contributed by atoms with Crippen LogP contribution in [0.2, 0.25) is 0 Å². The van der Waals surface area contributed by atoms with Gasteiger partial charge >= 0.3 is 5.97 Å². The van der Waals surface area contributed by atoms with Crippen LogP contribution >= 0.6 is 11.8 Å². The predicted octanol–water partition coefficient (Wildman–Crippen LogP) is 1.89. The van der Waals surface area contributed by atoms with Crippen LogP contribution in [0, 0.1) is 0 Å². The molecule has 1 N–H and O–H groups in total. The Hall–Kier alpha value is -2.08. The SMILES string of the molecule is COC(=O)/C=C/C(=O)NC(=O)SCc1ccccc1. The van der Waals surface area contributed by atoms with E-state index >= 15 is 0 Å². The van der Waals surface area contributed by atoms with Gasteiger partial charge in [0.2, 0.25) is 0 Å². The van der Waals surface area contributed by atoms with Gasteiger partial charge in [-0.15, -0.1) is 0 Å². The summed E-state index contributed by atoms with van der Waals surface area (Å²) in [4.78, 5) is 33.4. The largest absolute Gasteiger partial charge is 0.466 e. The number of nitrogens with one attached hydrogen (secondary N) is 1. The summed E-state index contributed by atoms with van der Waals surface area (Å²) in [5.74, 6) is -0.837. The van der Waals surface area contributed by atoms with Gasteiger partial charge in [-0.3, -0.25) is 14.9 Å². The predicted molar refractivity (Wildman–Crippen MR) is 72.4 cm³/mol. The summed E-state index contributed by atoms with van der Waals surface area (Å²) in [6.07, 6.45) is 1.90. The first-order valence-electron chi connectivity index (χ1n) is 5.39. The molecule has 0 spiro atoms. The van der Waals surface area contributed by atoms with E-state index in [1.165, 1.54) is 7.11 Å². The minimum absolute atomic E-state index is 0.469. The van der Waals surface area contributed by atoms with E-state index in [0.717, 1.165) is 29.5 Å². The fourth-order valence-electron chi connectivity index (χ4n) is 1.11. The molecular weight excluding hydrogens is 266 g/mol. The summed E-state index contributed by atoms with van der Waals surface area (Å²) in [6, 6.07) is 9.41. The molecule has 0 saturated carbocycles. The lowest BCUT2D eigenvalue weighted by molar-refractivity contribution is -0.135. The minimum Gasteiger partial charge on any atom is -0.466 e. The summed E-state index contributed by atoms with van der Waals surface area (Å²) in [5, 5.41) is 1.65. The first kappa shape index (κ1) is 15.0. The van der Waals surface area contributed by atoms with Crippen LogP contribution in [0.1, 0.15) is 5.56 Å². The van der Waals surface area contributed by atoms with E-state index in [0.29, 0.717) is 5.75 Å². The van der Waals surface area contributed by atoms with Gasteiger partial charge in [-0.05, 0) is 5.56 Å². The summed E-state index contributed by atoms with van der Waals surface area (Å²) < 4.78 is 4.32. The van der Waals surface area contributed by atoms with Gasteiger partial charge in [-0.1, -0.05) is 42.1 Å². The van der Waals surface area contributed by atoms with E-state index in [2.05, 4.69) is 10.1 Å². The molecule has 6 heteroatoms. The van der Waals surface area contributed by atoms with Gasteiger partial charge in [0.25, 0.3) is 11.1 Å². The first-order valence-corrected chi connectivity index (χ1v) is 6.38. The number of hydrogen-bond donors (Lipinski definition) is 1. The van der Waals surface area contributed by atoms with Gasteiger partial charge in [0, 0.05) is 17.9 Å². The Balaban J connectivity index is 2.33. The molecule has 0 radical (unpaired) electrons. The molecule has 0 aliphatic rings. The summed E-state index contributed by atoms with van der Waals surface area (Å²) in [5.41, 5.74) is 0.986. The highest BCUT2D eigenvalue weighted by molar-refractivity contribution is 8.12. The molecule has 1 aromatic rings. The van der Waals surface area contributed by atoms with Crippen LogP contribution in [0.25, 0.3) is 0 Å². The maximum absolute atomic E-state index is 11.4. The molecule has 0 aliphatic carbocycles. The fourth-order valence-corrected chi connectivity index (χ4v) is 1.78. The fraction of sp³-hybridized carbons (Fsp3) is 0.154. The minimum atomic E-state index is -0.657. The maximum atomic E-state index is 11.4. The number of carbonyl (C=O) groups is 3. The number of esters is 1. The molecule has 5 nitrogen and oxygen atoms in total. The third-order valence-electron chi connectivity index (χ3n) is 2.01. The van der Waals surface area contributed by atoms with Crippen LogP contribution in [-0.4, -0.2) is 24.2 Å². The number of benzene rings is 1. The topological polar surface area (TPSA) is 72.5 Å². The normalized spacial score (nSPS) is 10.2. The van der Waals surface area contributed by atoms with E-state index in [9.17, 15) is 14.4 Å². The van der Waals surface area contributed by atoms with Crippen molar-refractivity contribution >= 4 is 28.9 Å². The molecule has 0 saturated heterocycles. The number of ether oxygens (including phenoxy) is 1. The molecule has 1 aromatic carbocycles. The van der Waals surface area contributed by atoms with Crippen molar-refractivity contribution in [3.8, 4) is 0 Å². The van der Waals surface area contributed by atoms with Crippen LogP contribution in [0.4, 0.5) is 4.79 Å². The highest BCUT2D eigenvalue weighted by Gasteiger charge is 2.06. The van der Waals surface area contributed by atoms with Crippen molar-refractivity contribution in [1.82, 2.24) is 5.32 Å². The van der Waals surface area contributed by atoms with E-state index in [1.807, 2.05) is 30.3 Å². The molecule has 1 rings (SSSR count). The summed E-state index contributed by atoms with van der Waals surface area (Å²) in [7, 11) is 1.20. The third kappa shape index (κ3) is 6.42. The monoisotopic (exact) mass is 279 g/mol. The molecule has 0 fully saturated rings. The Morgan fingerprint density at radius 3 is 2.53 bits per heavy atom. The molecule has 0 atom stereocenters. The number of hydrogen-bond acceptors (Lipinski definition) is 5. The second-order valence-corrected chi connectivity index (χ2v) is 4.36. The zero-order valence-electron chi connectivity index (χ0n) is 10.3. The molecule has 0 aromatic heterocycles. The lowest BCUT2D eigenvalue weighted by Gasteiger charge is -2.01. The van der Waals surface area contributed by atoms with Crippen LogP contribution in [0.5, 0.6) is 0 Å². The highest BCUT2D eigenvalue weighted by atomic mass is 32.2. The van der Waals surface area contributed by atoms with Gasteiger partial charge in [0.05, 0.1) is 7.11 Å². The van der Waals surface area contributed by atoms with Gasteiger partial charge < -0.3 is 4.74 Å². The average molecular weight is 279 g/mol. The summed E-state index contributed by atoms with van der Waals surface area (Å²) in [6.45, 7) is 0. The van der Waals surface area contributed by atoms with Crippen molar-refractivity contribution in [2.45, 2.75) is 5.75 Å². The Morgan fingerprint density at radius 1 is 1.21 bits per heavy atom. The Morgan fingerprint density at radius 2 is 1.89 bits per heavy atom. The smallest absolute Gasteiger partial charge is 0.330 e. The van der Waals surface area contributed by atoms with Crippen molar-refractivity contribution in [3.05, 3.63) is 48.0 Å². The van der Waals surface area contributed by atoms with Crippen LogP contribution in [-0.2, 0) is 20.1 Å². The second-order valence-electron chi connectivity index (χ2n) is 3.41. The molecule has 19 heavy (non-hydrogen) atoms. The van der Waals surface area contributed by atoms with Gasteiger partial charge in [0.1, 0.15) is 0 Å². The van der Waals surface area contributed by atoms with E-state index in [1.54, 1.807) is 0 Å². The molecule has 0 bridgehead atoms. The lowest BCUT2D eigenvalue weighted by atomic mass is 10.2. The molecule has 2 amide bonds. The van der Waals surface area contributed by atoms with E-state index < -0.39 is 17.1 Å². The summed E-state index contributed by atoms with van der Waals surface area (Å²) >= 11 is 0.977. The lowest BCUT2D eigenvalue weighted by Crippen LogP contribution is -2.25. The van der Waals surface area contributed by atoms with Crippen LogP contribution in [0.3, 0.4) is 0 Å². The number of amides is 2. The Bertz CT molecular complexity index is 485. The number of imide groups is 1. The second kappa shape index (κ2) is 8.10. The number of methoxy groups -OCH3 is 1. The maximum Gasteiger partial charge on any atom is 0.330 e. The molecule has 0 aliphatic heterocycles. The number of rotatable bonds is 4. The zero-order valence-corrected chi connectivity index (χ0v) is 11.1. The van der Waals surface area contributed by atoms with Gasteiger partial charge in [-0.2, -0.15) is 0 Å². The van der Waals surface area contributed by atoms with Crippen molar-refractivity contribution in [1.29, 1.82) is 0 Å². The highest BCUT2D eigenvalue weighted by Crippen LogP contribution is 2.11. The van der Waals surface area contributed by atoms with Crippen LogP contribution in [0.15, 0.2) is 42.5 Å². The Labute approximate surface area is 115 Å². The number of thioether (sulfide) groups is 1. The van der Waals surface area contributed by atoms with Gasteiger partial charge in [-0.25, -0.2) is 4.79 Å². The molecular formula is C13H13NO4S. The third-order valence-corrected chi connectivity index (χ3v) is 2.85. The van der Waals surface area contributed by atoms with Gasteiger partial charge in [0.15, 0.2) is 0 Å². The van der Waals surface area contributed by atoms with Crippen molar-refractivity contribution < 1.29 is 19.1 Å². The number of carbonyl (C=O) groups excluding carboxylic acids is 3. The molecule has 0 heterocycles. The first-order chi connectivity index (χ1) is 9.11. The standard InChI is InChI=1S/C13H13NO4S/c1-18-12(16)8-7-11(15)14-13(17)19-9-10-5-3-2-4-6-10/h2-8H,9H2,1H3,(H,14,15,17)/b8-7+. The average Bonchev–Trinajstić information content (AvgIpc) is 2.43. The Kier molecular flexibility index (Phi) is 6.38. The molecule has 100 valence electrons. The molecule has 0 unspecified atom stereocenters. The van der Waals surface area contributed by atoms with E-state index in [4.69, 9.17) is 0 Å². The van der Waals surface area contributed by atoms with Crippen molar-refractivity contribution in [2.24, 2.45) is 0 Å². The quantitative estimate of drug-likeness (QED) is 0.673. The van der Waals surface area contributed by atoms with Crippen LogP contribution < -0.4 is 5.32 Å². The van der Waals surface area contributed by atoms with Crippen molar-refractivity contribution in [3.63, 3.8) is 0 Å². The van der Waals surface area contributed by atoms with Crippen molar-refractivity contribution in [2.75, 3.05) is 7.11 Å².